The van der Waals surface area contributed by atoms with E-state index in [-0.39, 0.29) is 18.4 Å². The van der Waals surface area contributed by atoms with E-state index in [0.717, 1.165) is 6.42 Å². The quantitative estimate of drug-likeness (QED) is 0.797. The van der Waals surface area contributed by atoms with Crippen LogP contribution in [0, 0.1) is 5.92 Å². The largest absolute Gasteiger partial charge is 0.459 e. The maximum atomic E-state index is 11.7. The molecule has 102 valence electrons. The van der Waals surface area contributed by atoms with Crippen LogP contribution in [-0.4, -0.2) is 17.6 Å². The van der Waals surface area contributed by atoms with E-state index in [0.29, 0.717) is 5.92 Å². The van der Waals surface area contributed by atoms with E-state index in [4.69, 9.17) is 10.5 Å². The van der Waals surface area contributed by atoms with E-state index in [1.807, 2.05) is 20.8 Å². The number of halogens is 1. The Kier molecular flexibility index (Phi) is 7.10. The molecule has 0 aromatic rings. The molecular weight excluding hydrogens is 238 g/mol. The Morgan fingerprint density at radius 1 is 1.29 bits per heavy atom. The first-order valence-corrected chi connectivity index (χ1v) is 6.37. The van der Waals surface area contributed by atoms with Crippen LogP contribution in [0.1, 0.15) is 59.3 Å². The van der Waals surface area contributed by atoms with Gasteiger partial charge in [0.25, 0.3) is 0 Å². The van der Waals surface area contributed by atoms with Gasteiger partial charge in [-0.05, 0) is 33.1 Å². The Balaban J connectivity index is 0.00000256. The molecule has 0 aromatic carbocycles. The van der Waals surface area contributed by atoms with Crippen molar-refractivity contribution in [1.29, 1.82) is 0 Å². The lowest BCUT2D eigenvalue weighted by Crippen LogP contribution is -2.38. The number of nitrogens with two attached hydrogens (primary N) is 1. The van der Waals surface area contributed by atoms with Crippen molar-refractivity contribution in [2.24, 2.45) is 11.7 Å². The minimum Gasteiger partial charge on any atom is -0.459 e. The fourth-order valence-electron chi connectivity index (χ4n) is 2.26. The predicted molar refractivity (Wildman–Crippen MR) is 72.3 cm³/mol. The van der Waals surface area contributed by atoms with Gasteiger partial charge in [0.15, 0.2) is 0 Å². The Labute approximate surface area is 111 Å². The van der Waals surface area contributed by atoms with Crippen molar-refractivity contribution in [2.75, 3.05) is 0 Å². The summed E-state index contributed by atoms with van der Waals surface area (Å²) in [5.41, 5.74) is 5.45. The summed E-state index contributed by atoms with van der Waals surface area (Å²) in [6.07, 6.45) is 7.12. The van der Waals surface area contributed by atoms with Crippen molar-refractivity contribution < 1.29 is 9.53 Å². The van der Waals surface area contributed by atoms with Crippen molar-refractivity contribution in [1.82, 2.24) is 0 Å². The van der Waals surface area contributed by atoms with Gasteiger partial charge in [-0.25, -0.2) is 0 Å². The molecule has 1 unspecified atom stereocenters. The van der Waals surface area contributed by atoms with Crippen molar-refractivity contribution >= 4 is 18.4 Å². The van der Waals surface area contributed by atoms with E-state index in [1.165, 1.54) is 32.1 Å². The lowest BCUT2D eigenvalue weighted by atomic mass is 9.85. The minimum atomic E-state index is -0.442. The molecule has 0 bridgehead atoms. The Bertz CT molecular complexity index is 232. The maximum Gasteiger partial charge on any atom is 0.323 e. The standard InChI is InChI=1S/C13H25NO2.ClH/c1-13(2,3)16-12(15)11(14)9-10-7-5-4-6-8-10;/h10-11H,4-9,14H2,1-3H3;1H. The summed E-state index contributed by atoms with van der Waals surface area (Å²) < 4.78 is 5.28. The minimum absolute atomic E-state index is 0. The van der Waals surface area contributed by atoms with Crippen LogP contribution >= 0.6 is 12.4 Å². The average Bonchev–Trinajstić information content (AvgIpc) is 2.16. The third-order valence-corrected chi connectivity index (χ3v) is 3.02. The summed E-state index contributed by atoms with van der Waals surface area (Å²) in [7, 11) is 0. The molecule has 0 radical (unpaired) electrons. The second-order valence-corrected chi connectivity index (χ2v) is 5.88. The third-order valence-electron chi connectivity index (χ3n) is 3.02. The van der Waals surface area contributed by atoms with Crippen LogP contribution in [0.2, 0.25) is 0 Å². The van der Waals surface area contributed by atoms with Crippen LogP contribution in [0.4, 0.5) is 0 Å². The van der Waals surface area contributed by atoms with Gasteiger partial charge in [-0.2, -0.15) is 0 Å². The third kappa shape index (κ3) is 6.89. The van der Waals surface area contributed by atoms with E-state index < -0.39 is 11.6 Å². The number of ether oxygens (including phenoxy) is 1. The topological polar surface area (TPSA) is 52.3 Å². The first kappa shape index (κ1) is 16.7. The van der Waals surface area contributed by atoms with Gasteiger partial charge in [0, 0.05) is 0 Å². The molecule has 1 fully saturated rings. The molecule has 0 aliphatic heterocycles. The highest BCUT2D eigenvalue weighted by molar-refractivity contribution is 5.85. The zero-order valence-corrected chi connectivity index (χ0v) is 12.0. The van der Waals surface area contributed by atoms with Gasteiger partial charge in [-0.1, -0.05) is 32.1 Å². The fourth-order valence-corrected chi connectivity index (χ4v) is 2.26. The highest BCUT2D eigenvalue weighted by atomic mass is 35.5. The molecule has 1 aliphatic carbocycles. The second kappa shape index (κ2) is 7.22. The Hall–Kier alpha value is -0.280. The molecule has 0 amide bonds. The Morgan fingerprint density at radius 3 is 2.29 bits per heavy atom. The number of rotatable bonds is 3. The number of carbonyl (C=O) groups is 1. The van der Waals surface area contributed by atoms with Gasteiger partial charge in [-0.3, -0.25) is 4.79 Å². The molecule has 0 heterocycles. The Morgan fingerprint density at radius 2 is 1.82 bits per heavy atom. The molecule has 2 N–H and O–H groups in total. The summed E-state index contributed by atoms with van der Waals surface area (Å²) in [6.45, 7) is 5.62. The van der Waals surface area contributed by atoms with Gasteiger partial charge in [0.05, 0.1) is 0 Å². The van der Waals surface area contributed by atoms with E-state index >= 15 is 0 Å². The van der Waals surface area contributed by atoms with Gasteiger partial charge < -0.3 is 10.5 Å². The lowest BCUT2D eigenvalue weighted by Gasteiger charge is -2.26. The number of carbonyl (C=O) groups excluding carboxylic acids is 1. The summed E-state index contributed by atoms with van der Waals surface area (Å²) >= 11 is 0. The highest BCUT2D eigenvalue weighted by Crippen LogP contribution is 2.27. The first-order valence-electron chi connectivity index (χ1n) is 6.37. The number of hydrogen-bond donors (Lipinski definition) is 1. The summed E-state index contributed by atoms with van der Waals surface area (Å²) in [5, 5.41) is 0. The predicted octanol–water partition coefficient (Wildman–Crippen LogP) is 3.05. The summed E-state index contributed by atoms with van der Waals surface area (Å²) in [6, 6.07) is -0.442. The molecule has 17 heavy (non-hydrogen) atoms. The van der Waals surface area contributed by atoms with E-state index in [9.17, 15) is 4.79 Å². The molecule has 1 atom stereocenters. The normalized spacial score (nSPS) is 19.3. The smallest absolute Gasteiger partial charge is 0.323 e. The molecule has 3 nitrogen and oxygen atoms in total. The van der Waals surface area contributed by atoms with Crippen molar-refractivity contribution in [3.8, 4) is 0 Å². The van der Waals surface area contributed by atoms with E-state index in [1.54, 1.807) is 0 Å². The van der Waals surface area contributed by atoms with Gasteiger partial charge in [-0.15, -0.1) is 12.4 Å². The molecule has 0 spiro atoms. The lowest BCUT2D eigenvalue weighted by molar-refractivity contribution is -0.157. The van der Waals surface area contributed by atoms with Crippen molar-refractivity contribution in [2.45, 2.75) is 70.9 Å². The molecule has 1 rings (SSSR count). The maximum absolute atomic E-state index is 11.7. The SMILES string of the molecule is CC(C)(C)OC(=O)C(N)CC1CCCCC1.Cl. The number of hydrogen-bond acceptors (Lipinski definition) is 3. The van der Waals surface area contributed by atoms with Crippen LogP contribution in [0.3, 0.4) is 0 Å². The van der Waals surface area contributed by atoms with Crippen LogP contribution in [0.25, 0.3) is 0 Å². The molecule has 0 saturated heterocycles. The average molecular weight is 264 g/mol. The molecule has 1 aliphatic rings. The number of esters is 1. The molecular formula is C13H26ClNO2. The summed E-state index contributed by atoms with van der Waals surface area (Å²) in [4.78, 5) is 11.7. The van der Waals surface area contributed by atoms with Gasteiger partial charge >= 0.3 is 5.97 Å². The van der Waals surface area contributed by atoms with Crippen LogP contribution in [-0.2, 0) is 9.53 Å². The molecule has 0 aromatic heterocycles. The fraction of sp³-hybridized carbons (Fsp3) is 0.923. The van der Waals surface area contributed by atoms with Gasteiger partial charge in [0.1, 0.15) is 11.6 Å². The van der Waals surface area contributed by atoms with Crippen LogP contribution in [0.5, 0.6) is 0 Å². The second-order valence-electron chi connectivity index (χ2n) is 5.88. The van der Waals surface area contributed by atoms with Crippen LogP contribution in [0.15, 0.2) is 0 Å². The van der Waals surface area contributed by atoms with Crippen molar-refractivity contribution in [3.05, 3.63) is 0 Å². The van der Waals surface area contributed by atoms with Gasteiger partial charge in [0.2, 0.25) is 0 Å². The van der Waals surface area contributed by atoms with Crippen molar-refractivity contribution in [3.63, 3.8) is 0 Å². The molecule has 1 saturated carbocycles. The van der Waals surface area contributed by atoms with Crippen LogP contribution < -0.4 is 5.73 Å². The molecule has 4 heteroatoms. The zero-order valence-electron chi connectivity index (χ0n) is 11.2. The zero-order chi connectivity index (χ0) is 12.2. The first-order chi connectivity index (χ1) is 7.38. The van der Waals surface area contributed by atoms with E-state index in [2.05, 4.69) is 0 Å². The monoisotopic (exact) mass is 263 g/mol. The highest BCUT2D eigenvalue weighted by Gasteiger charge is 2.25. The summed E-state index contributed by atoms with van der Waals surface area (Å²) in [5.74, 6) is 0.370.